The zero-order valence-corrected chi connectivity index (χ0v) is 10.1. The summed E-state index contributed by atoms with van der Waals surface area (Å²) in [6.07, 6.45) is 1.19. The van der Waals surface area contributed by atoms with Crippen molar-refractivity contribution in [3.63, 3.8) is 0 Å². The predicted octanol–water partition coefficient (Wildman–Crippen LogP) is 0.0392. The fourth-order valence-corrected chi connectivity index (χ4v) is 1.67. The maximum atomic E-state index is 10.9. The Labute approximate surface area is 96.8 Å². The van der Waals surface area contributed by atoms with Gasteiger partial charge in [-0.05, 0) is 0 Å². The summed E-state index contributed by atoms with van der Waals surface area (Å²) in [5.74, 6) is -0.359. The van der Waals surface area contributed by atoms with Crippen LogP contribution in [0, 0.1) is 0 Å². The van der Waals surface area contributed by atoms with E-state index in [0.717, 1.165) is 32.8 Å². The van der Waals surface area contributed by atoms with Crippen LogP contribution < -0.4 is 0 Å². The topological polar surface area (TPSA) is 38.8 Å². The molecule has 0 amide bonds. The molecule has 0 unspecified atom stereocenters. The third kappa shape index (κ3) is 3.92. The highest BCUT2D eigenvalue weighted by molar-refractivity contribution is 5.81. The van der Waals surface area contributed by atoms with E-state index in [9.17, 15) is 4.79 Å². The third-order valence-corrected chi connectivity index (χ3v) is 2.80. The SMILES string of the molecule is C=CC(=O)OCC[N+](C)(C)N1CCOCC1. The molecule has 0 aromatic rings. The normalized spacial score (nSPS) is 18.1. The second-order valence-corrected chi connectivity index (χ2v) is 4.28. The van der Waals surface area contributed by atoms with Crippen LogP contribution in [0.25, 0.3) is 0 Å². The van der Waals surface area contributed by atoms with Gasteiger partial charge < -0.3 is 9.47 Å². The minimum absolute atomic E-state index is 0.359. The smallest absolute Gasteiger partial charge is 0.330 e. The number of likely N-dealkylation sites (N-methyl/N-ethyl adjacent to an activating group) is 1. The van der Waals surface area contributed by atoms with Gasteiger partial charge in [0.1, 0.15) is 13.2 Å². The summed E-state index contributed by atoms with van der Waals surface area (Å²) < 4.78 is 11.0. The molecule has 1 aliphatic heterocycles. The maximum Gasteiger partial charge on any atom is 0.330 e. The van der Waals surface area contributed by atoms with E-state index in [1.807, 2.05) is 0 Å². The average molecular weight is 229 g/mol. The first-order chi connectivity index (χ1) is 7.56. The van der Waals surface area contributed by atoms with Crippen molar-refractivity contribution in [2.75, 3.05) is 53.6 Å². The van der Waals surface area contributed by atoms with Gasteiger partial charge in [0, 0.05) is 6.08 Å². The van der Waals surface area contributed by atoms with Crippen LogP contribution in [-0.4, -0.2) is 69.1 Å². The first-order valence-corrected chi connectivity index (χ1v) is 5.51. The minimum atomic E-state index is -0.359. The Bertz CT molecular complexity index is 248. The number of hydrogen-bond acceptors (Lipinski definition) is 4. The molecular formula is C11H21N2O3+. The van der Waals surface area contributed by atoms with Gasteiger partial charge in [0.15, 0.2) is 0 Å². The molecule has 0 aromatic carbocycles. The van der Waals surface area contributed by atoms with E-state index in [-0.39, 0.29) is 5.97 Å². The molecule has 0 aromatic heterocycles. The zero-order chi connectivity index (χ0) is 12.0. The molecule has 5 heteroatoms. The van der Waals surface area contributed by atoms with E-state index in [1.54, 1.807) is 0 Å². The van der Waals surface area contributed by atoms with Gasteiger partial charge in [-0.15, -0.1) is 0 Å². The number of carbonyl (C=O) groups excluding carboxylic acids is 1. The van der Waals surface area contributed by atoms with Gasteiger partial charge in [-0.3, -0.25) is 0 Å². The van der Waals surface area contributed by atoms with E-state index in [1.165, 1.54) is 6.08 Å². The molecule has 0 aliphatic carbocycles. The van der Waals surface area contributed by atoms with Crippen molar-refractivity contribution in [3.05, 3.63) is 12.7 Å². The lowest BCUT2D eigenvalue weighted by atomic mass is 10.4. The van der Waals surface area contributed by atoms with Crippen molar-refractivity contribution < 1.29 is 18.9 Å². The summed E-state index contributed by atoms with van der Waals surface area (Å²) in [7, 11) is 4.21. The van der Waals surface area contributed by atoms with E-state index in [2.05, 4.69) is 25.7 Å². The largest absolute Gasteiger partial charge is 0.456 e. The summed E-state index contributed by atoms with van der Waals surface area (Å²) in [6.45, 7) is 7.92. The van der Waals surface area contributed by atoms with Gasteiger partial charge in [-0.2, -0.15) is 5.01 Å². The van der Waals surface area contributed by atoms with Gasteiger partial charge >= 0.3 is 5.97 Å². The van der Waals surface area contributed by atoms with Crippen molar-refractivity contribution in [3.8, 4) is 0 Å². The average Bonchev–Trinajstić information content (AvgIpc) is 2.30. The van der Waals surface area contributed by atoms with Crippen LogP contribution in [-0.2, 0) is 14.3 Å². The third-order valence-electron chi connectivity index (χ3n) is 2.80. The number of nitrogens with zero attached hydrogens (tertiary/aromatic N) is 2. The molecule has 92 valence electrons. The monoisotopic (exact) mass is 229 g/mol. The number of hydrogen-bond donors (Lipinski definition) is 0. The van der Waals surface area contributed by atoms with Crippen molar-refractivity contribution >= 4 is 5.97 Å². The maximum absolute atomic E-state index is 10.9. The fourth-order valence-electron chi connectivity index (χ4n) is 1.67. The van der Waals surface area contributed by atoms with E-state index >= 15 is 0 Å². The summed E-state index contributed by atoms with van der Waals surface area (Å²) >= 11 is 0. The van der Waals surface area contributed by atoms with Crippen molar-refractivity contribution in [2.24, 2.45) is 0 Å². The Kier molecular flexibility index (Phi) is 4.92. The minimum Gasteiger partial charge on any atom is -0.456 e. The van der Waals surface area contributed by atoms with Crippen molar-refractivity contribution in [1.29, 1.82) is 0 Å². The molecule has 0 N–H and O–H groups in total. The highest BCUT2D eigenvalue weighted by Gasteiger charge is 2.27. The molecule has 0 bridgehead atoms. The Morgan fingerprint density at radius 1 is 1.50 bits per heavy atom. The quantitative estimate of drug-likeness (QED) is 0.379. The lowest BCUT2D eigenvalue weighted by molar-refractivity contribution is -1.00. The number of morpholine rings is 1. The Hall–Kier alpha value is -0.910. The Morgan fingerprint density at radius 3 is 2.69 bits per heavy atom. The molecule has 1 aliphatic rings. The van der Waals surface area contributed by atoms with Crippen molar-refractivity contribution in [1.82, 2.24) is 5.01 Å². The number of ether oxygens (including phenoxy) is 2. The molecule has 0 saturated carbocycles. The van der Waals surface area contributed by atoms with Crippen LogP contribution in [0.3, 0.4) is 0 Å². The number of esters is 1. The molecule has 0 spiro atoms. The molecule has 0 radical (unpaired) electrons. The van der Waals surface area contributed by atoms with E-state index < -0.39 is 0 Å². The van der Waals surface area contributed by atoms with Crippen LogP contribution >= 0.6 is 0 Å². The van der Waals surface area contributed by atoms with Crippen LogP contribution in [0.5, 0.6) is 0 Å². The van der Waals surface area contributed by atoms with E-state index in [4.69, 9.17) is 9.47 Å². The second kappa shape index (κ2) is 5.98. The summed E-state index contributed by atoms with van der Waals surface area (Å²) in [5, 5.41) is 2.31. The second-order valence-electron chi connectivity index (χ2n) is 4.28. The first kappa shape index (κ1) is 13.2. The van der Waals surface area contributed by atoms with Gasteiger partial charge in [-0.25, -0.2) is 9.39 Å². The number of quaternary nitrogens is 1. The lowest BCUT2D eigenvalue weighted by Crippen LogP contribution is -2.59. The van der Waals surface area contributed by atoms with Crippen LogP contribution in [0.4, 0.5) is 0 Å². The van der Waals surface area contributed by atoms with E-state index in [0.29, 0.717) is 11.2 Å². The van der Waals surface area contributed by atoms with Gasteiger partial charge in [0.05, 0.1) is 40.4 Å². The molecular weight excluding hydrogens is 208 g/mol. The standard InChI is InChI=1S/C11H21N2O3/c1-4-11(14)16-10-7-13(2,3)12-5-8-15-9-6-12/h4H,1,5-10H2,2-3H3/q+1. The highest BCUT2D eigenvalue weighted by atomic mass is 16.5. The molecule has 1 rings (SSSR count). The number of carbonyl (C=O) groups is 1. The molecule has 16 heavy (non-hydrogen) atoms. The Balaban J connectivity index is 2.32. The molecule has 5 nitrogen and oxygen atoms in total. The number of rotatable bonds is 5. The zero-order valence-electron chi connectivity index (χ0n) is 10.1. The summed E-state index contributed by atoms with van der Waals surface area (Å²) in [5.41, 5.74) is 0. The Morgan fingerprint density at radius 2 is 2.12 bits per heavy atom. The fraction of sp³-hybridized carbons (Fsp3) is 0.727. The van der Waals surface area contributed by atoms with Gasteiger partial charge in [-0.1, -0.05) is 6.58 Å². The summed E-state index contributed by atoms with van der Waals surface area (Å²) in [4.78, 5) is 10.9. The molecule has 0 atom stereocenters. The predicted molar refractivity (Wildman–Crippen MR) is 60.5 cm³/mol. The van der Waals surface area contributed by atoms with Gasteiger partial charge in [0.25, 0.3) is 0 Å². The van der Waals surface area contributed by atoms with Gasteiger partial charge in [0.2, 0.25) is 0 Å². The van der Waals surface area contributed by atoms with Crippen LogP contribution in [0.15, 0.2) is 12.7 Å². The van der Waals surface area contributed by atoms with Crippen LogP contribution in [0.1, 0.15) is 0 Å². The molecule has 1 heterocycles. The molecule has 1 saturated heterocycles. The first-order valence-electron chi connectivity index (χ1n) is 5.51. The molecule has 1 fully saturated rings. The highest BCUT2D eigenvalue weighted by Crippen LogP contribution is 2.08. The van der Waals surface area contributed by atoms with Crippen molar-refractivity contribution in [2.45, 2.75) is 0 Å². The summed E-state index contributed by atoms with van der Waals surface area (Å²) in [6, 6.07) is 0. The lowest BCUT2D eigenvalue weighted by Gasteiger charge is -2.41. The van der Waals surface area contributed by atoms with Crippen LogP contribution in [0.2, 0.25) is 0 Å².